The largest absolute Gasteiger partial charge is 0.462 e. The summed E-state index contributed by atoms with van der Waals surface area (Å²) in [6.07, 6.45) is 4.12. The summed E-state index contributed by atoms with van der Waals surface area (Å²) < 4.78 is 6.49. The number of hydrogen-bond acceptors (Lipinski definition) is 4. The number of ether oxygens (including phenoxy) is 1. The van der Waals surface area contributed by atoms with Crippen LogP contribution in [-0.2, 0) is 11.2 Å². The maximum Gasteiger partial charge on any atom is 0.344 e. The Hall–Kier alpha value is -1.46. The van der Waals surface area contributed by atoms with Crippen LogP contribution >= 0.6 is 23.4 Å². The molecule has 0 N–H and O–H groups in total. The van der Waals surface area contributed by atoms with Crippen molar-refractivity contribution in [1.82, 2.24) is 4.40 Å². The fourth-order valence-electron chi connectivity index (χ4n) is 2.32. The van der Waals surface area contributed by atoms with Crippen LogP contribution in [0.1, 0.15) is 29.8 Å². The summed E-state index contributed by atoms with van der Waals surface area (Å²) >= 11 is 7.41. The molecule has 0 saturated carbocycles. The molecular weight excluding hydrogens is 310 g/mol. The van der Waals surface area contributed by atoms with Crippen molar-refractivity contribution in [3.8, 4) is 0 Å². The Kier molecular flexibility index (Phi) is 4.96. The summed E-state index contributed by atoms with van der Waals surface area (Å²) in [5.74, 6) is -0.578. The quantitative estimate of drug-likeness (QED) is 0.638. The Balaban J connectivity index is 2.92. The van der Waals surface area contributed by atoms with E-state index in [4.69, 9.17) is 16.3 Å². The average molecular weight is 326 g/mol. The van der Waals surface area contributed by atoms with Crippen molar-refractivity contribution in [2.75, 3.05) is 12.9 Å². The van der Waals surface area contributed by atoms with Gasteiger partial charge < -0.3 is 4.74 Å². The molecule has 0 aromatic carbocycles. The zero-order chi connectivity index (χ0) is 15.6. The highest BCUT2D eigenvalue weighted by atomic mass is 35.5. The van der Waals surface area contributed by atoms with E-state index in [0.717, 1.165) is 11.1 Å². The van der Waals surface area contributed by atoms with Crippen molar-refractivity contribution < 1.29 is 9.53 Å². The molecule has 0 unspecified atom stereocenters. The second-order valence-electron chi connectivity index (χ2n) is 4.37. The van der Waals surface area contributed by atoms with E-state index in [9.17, 15) is 9.59 Å². The molecule has 0 spiro atoms. The molecule has 112 valence electrons. The molecule has 6 heteroatoms. The van der Waals surface area contributed by atoms with E-state index in [1.54, 1.807) is 25.3 Å². The van der Waals surface area contributed by atoms with Gasteiger partial charge in [-0.2, -0.15) is 0 Å². The van der Waals surface area contributed by atoms with Gasteiger partial charge in [-0.15, -0.1) is 11.8 Å². The number of aromatic nitrogens is 1. The van der Waals surface area contributed by atoms with Crippen molar-refractivity contribution in [3.05, 3.63) is 44.8 Å². The molecule has 21 heavy (non-hydrogen) atoms. The Morgan fingerprint density at radius 1 is 1.43 bits per heavy atom. The number of nitrogens with zero attached hydrogens (tertiary/aromatic N) is 1. The molecule has 2 heterocycles. The SMILES string of the molecule is CCOC(=O)c1c(SC)c(CC)c2cc(Cl)ccn2c1=O. The number of fused-ring (bicyclic) bond motifs is 1. The first-order chi connectivity index (χ1) is 10.0. The van der Waals surface area contributed by atoms with Crippen LogP contribution in [0.2, 0.25) is 5.02 Å². The topological polar surface area (TPSA) is 47.8 Å². The summed E-state index contributed by atoms with van der Waals surface area (Å²) in [6.45, 7) is 3.93. The maximum atomic E-state index is 12.6. The molecule has 2 rings (SSSR count). The van der Waals surface area contributed by atoms with Crippen molar-refractivity contribution in [2.45, 2.75) is 25.2 Å². The van der Waals surface area contributed by atoms with Crippen LogP contribution in [0.5, 0.6) is 0 Å². The van der Waals surface area contributed by atoms with Crippen molar-refractivity contribution in [3.63, 3.8) is 0 Å². The summed E-state index contributed by atoms with van der Waals surface area (Å²) in [7, 11) is 0. The van der Waals surface area contributed by atoms with Gasteiger partial charge in [0.15, 0.2) is 0 Å². The minimum absolute atomic E-state index is 0.0982. The molecule has 0 amide bonds. The Morgan fingerprint density at radius 3 is 2.71 bits per heavy atom. The van der Waals surface area contributed by atoms with Crippen molar-refractivity contribution in [1.29, 1.82) is 0 Å². The summed E-state index contributed by atoms with van der Waals surface area (Å²) in [4.78, 5) is 25.4. The third kappa shape index (κ3) is 2.80. The molecule has 0 aliphatic carbocycles. The van der Waals surface area contributed by atoms with E-state index in [2.05, 4.69) is 0 Å². The first kappa shape index (κ1) is 15.9. The molecule has 0 atom stereocenters. The Bertz CT molecular complexity index is 755. The third-order valence-corrected chi connectivity index (χ3v) is 4.29. The summed E-state index contributed by atoms with van der Waals surface area (Å²) in [6, 6.07) is 3.37. The van der Waals surface area contributed by atoms with Gasteiger partial charge in [-0.05, 0) is 37.3 Å². The lowest BCUT2D eigenvalue weighted by atomic mass is 10.1. The van der Waals surface area contributed by atoms with Crippen molar-refractivity contribution >= 4 is 34.8 Å². The highest BCUT2D eigenvalue weighted by Gasteiger charge is 2.23. The number of pyridine rings is 2. The smallest absolute Gasteiger partial charge is 0.344 e. The minimum Gasteiger partial charge on any atom is -0.462 e. The van der Waals surface area contributed by atoms with E-state index in [0.29, 0.717) is 16.3 Å². The maximum absolute atomic E-state index is 12.6. The zero-order valence-electron chi connectivity index (χ0n) is 12.1. The molecule has 0 bridgehead atoms. The van der Waals surface area contributed by atoms with Crippen molar-refractivity contribution in [2.24, 2.45) is 0 Å². The highest BCUT2D eigenvalue weighted by molar-refractivity contribution is 7.98. The van der Waals surface area contributed by atoms with Gasteiger partial charge in [-0.3, -0.25) is 9.20 Å². The Morgan fingerprint density at radius 2 is 2.14 bits per heavy atom. The number of rotatable bonds is 4. The number of hydrogen-bond donors (Lipinski definition) is 0. The molecule has 0 fully saturated rings. The van der Waals surface area contributed by atoms with Gasteiger partial charge in [0.1, 0.15) is 5.56 Å². The van der Waals surface area contributed by atoms with Gasteiger partial charge in [-0.1, -0.05) is 18.5 Å². The fraction of sp³-hybridized carbons (Fsp3) is 0.333. The normalized spacial score (nSPS) is 10.9. The fourth-order valence-corrected chi connectivity index (χ4v) is 3.35. The first-order valence-corrected chi connectivity index (χ1v) is 8.23. The second kappa shape index (κ2) is 6.54. The molecular formula is C15H16ClNO3S. The van der Waals surface area contributed by atoms with Crippen LogP contribution in [0, 0.1) is 0 Å². The Labute approximate surface area is 132 Å². The molecule has 0 saturated heterocycles. The number of thioether (sulfide) groups is 1. The summed E-state index contributed by atoms with van der Waals surface area (Å²) in [5, 5.41) is 0.556. The number of carbonyl (C=O) groups is 1. The number of aryl methyl sites for hydroxylation is 1. The molecule has 0 aliphatic heterocycles. The number of esters is 1. The standard InChI is InChI=1S/C15H16ClNO3S/c1-4-10-11-8-9(16)6-7-17(11)14(18)12(13(10)21-3)15(19)20-5-2/h6-8H,4-5H2,1-3H3. The number of carbonyl (C=O) groups excluding carboxylic acids is 1. The van der Waals surface area contributed by atoms with E-state index in [-0.39, 0.29) is 17.7 Å². The first-order valence-electron chi connectivity index (χ1n) is 6.62. The van der Waals surface area contributed by atoms with Crippen LogP contribution in [0.25, 0.3) is 5.52 Å². The van der Waals surface area contributed by atoms with Gasteiger partial charge in [0.05, 0.1) is 12.1 Å². The summed E-state index contributed by atoms with van der Waals surface area (Å²) in [5.41, 5.74) is 1.38. The van der Waals surface area contributed by atoms with Gasteiger partial charge in [0, 0.05) is 16.1 Å². The van der Waals surface area contributed by atoms with Crippen LogP contribution in [0.4, 0.5) is 0 Å². The molecule has 0 radical (unpaired) electrons. The molecule has 0 aliphatic rings. The predicted molar refractivity (Wildman–Crippen MR) is 85.8 cm³/mol. The highest BCUT2D eigenvalue weighted by Crippen LogP contribution is 2.28. The van der Waals surface area contributed by atoms with E-state index >= 15 is 0 Å². The lowest BCUT2D eigenvalue weighted by Crippen LogP contribution is -2.26. The predicted octanol–water partition coefficient (Wildman–Crippen LogP) is 3.41. The van der Waals surface area contributed by atoms with E-state index in [1.807, 2.05) is 13.2 Å². The zero-order valence-corrected chi connectivity index (χ0v) is 13.7. The van der Waals surface area contributed by atoms with Gasteiger partial charge in [-0.25, -0.2) is 4.79 Å². The average Bonchev–Trinajstić information content (AvgIpc) is 2.46. The van der Waals surface area contributed by atoms with Crippen LogP contribution in [0.3, 0.4) is 0 Å². The minimum atomic E-state index is -0.578. The monoisotopic (exact) mass is 325 g/mol. The van der Waals surface area contributed by atoms with Crippen LogP contribution in [0.15, 0.2) is 28.0 Å². The van der Waals surface area contributed by atoms with E-state index < -0.39 is 5.97 Å². The van der Waals surface area contributed by atoms with Crippen LogP contribution in [-0.4, -0.2) is 23.2 Å². The molecule has 2 aromatic rings. The third-order valence-electron chi connectivity index (χ3n) is 3.20. The van der Waals surface area contributed by atoms with Gasteiger partial charge >= 0.3 is 5.97 Å². The van der Waals surface area contributed by atoms with Gasteiger partial charge in [0.25, 0.3) is 5.56 Å². The molecule has 2 aromatic heterocycles. The number of halogens is 1. The second-order valence-corrected chi connectivity index (χ2v) is 5.62. The van der Waals surface area contributed by atoms with Gasteiger partial charge in [0.2, 0.25) is 0 Å². The lowest BCUT2D eigenvalue weighted by molar-refractivity contribution is 0.0519. The van der Waals surface area contributed by atoms with Crippen LogP contribution < -0.4 is 5.56 Å². The van der Waals surface area contributed by atoms with E-state index in [1.165, 1.54) is 16.2 Å². The lowest BCUT2D eigenvalue weighted by Gasteiger charge is -2.15. The molecule has 4 nitrogen and oxygen atoms in total.